The molecule has 1 fully saturated rings. The summed E-state index contributed by atoms with van der Waals surface area (Å²) in [4.78, 5) is 39.4. The van der Waals surface area contributed by atoms with Gasteiger partial charge in [-0.3, -0.25) is 19.3 Å². The molecule has 3 amide bonds. The molecule has 0 bridgehead atoms. The van der Waals surface area contributed by atoms with E-state index in [9.17, 15) is 14.4 Å². The van der Waals surface area contributed by atoms with E-state index >= 15 is 0 Å². The van der Waals surface area contributed by atoms with Gasteiger partial charge in [-0.2, -0.15) is 0 Å². The SMILES string of the molecule is COc1ccc(CCNC(=O)c2ccc(NC3=C(Cl)C(=O)N(C4CCCCC4)C3=O)cc2)cc1OC. The van der Waals surface area contributed by atoms with E-state index in [1.807, 2.05) is 18.2 Å². The number of benzene rings is 2. The van der Waals surface area contributed by atoms with Gasteiger partial charge in [0, 0.05) is 23.8 Å². The Morgan fingerprint density at radius 2 is 1.67 bits per heavy atom. The Kier molecular flexibility index (Phi) is 8.15. The van der Waals surface area contributed by atoms with Gasteiger partial charge in [0.05, 0.1) is 14.2 Å². The van der Waals surface area contributed by atoms with Crippen LogP contribution in [0.1, 0.15) is 48.0 Å². The van der Waals surface area contributed by atoms with Crippen molar-refractivity contribution in [3.8, 4) is 11.5 Å². The van der Waals surface area contributed by atoms with Crippen molar-refractivity contribution in [1.82, 2.24) is 10.2 Å². The number of hydrogen-bond acceptors (Lipinski definition) is 6. The fraction of sp³-hybridized carbons (Fsp3) is 0.370. The maximum absolute atomic E-state index is 12.9. The minimum atomic E-state index is -0.443. The fourth-order valence-corrected chi connectivity index (χ4v) is 4.83. The summed E-state index contributed by atoms with van der Waals surface area (Å²) in [6, 6.07) is 12.2. The highest BCUT2D eigenvalue weighted by Crippen LogP contribution is 2.32. The van der Waals surface area contributed by atoms with Gasteiger partial charge in [0.2, 0.25) is 0 Å². The molecule has 190 valence electrons. The monoisotopic (exact) mass is 511 g/mol. The van der Waals surface area contributed by atoms with Gasteiger partial charge in [0.25, 0.3) is 17.7 Å². The van der Waals surface area contributed by atoms with Gasteiger partial charge >= 0.3 is 0 Å². The number of amides is 3. The average molecular weight is 512 g/mol. The van der Waals surface area contributed by atoms with Crippen LogP contribution in [0.25, 0.3) is 0 Å². The highest BCUT2D eigenvalue weighted by molar-refractivity contribution is 6.48. The minimum Gasteiger partial charge on any atom is -0.493 e. The van der Waals surface area contributed by atoms with Gasteiger partial charge in [0.15, 0.2) is 11.5 Å². The molecular formula is C27H30ClN3O5. The molecule has 0 aromatic heterocycles. The second-order valence-electron chi connectivity index (χ2n) is 8.86. The third-order valence-electron chi connectivity index (χ3n) is 6.56. The molecule has 1 aliphatic heterocycles. The van der Waals surface area contributed by atoms with Gasteiger partial charge in [0.1, 0.15) is 10.7 Å². The molecule has 1 saturated carbocycles. The van der Waals surface area contributed by atoms with Crippen LogP contribution in [0.4, 0.5) is 5.69 Å². The lowest BCUT2D eigenvalue weighted by Gasteiger charge is -2.29. The van der Waals surface area contributed by atoms with Crippen molar-refractivity contribution in [2.24, 2.45) is 0 Å². The Hall–Kier alpha value is -3.52. The Labute approximate surface area is 215 Å². The number of halogens is 1. The van der Waals surface area contributed by atoms with E-state index in [0.717, 1.165) is 37.7 Å². The number of methoxy groups -OCH3 is 2. The van der Waals surface area contributed by atoms with E-state index in [1.54, 1.807) is 38.5 Å². The van der Waals surface area contributed by atoms with E-state index in [2.05, 4.69) is 10.6 Å². The van der Waals surface area contributed by atoms with Crippen molar-refractivity contribution < 1.29 is 23.9 Å². The predicted octanol–water partition coefficient (Wildman–Crippen LogP) is 4.24. The summed E-state index contributed by atoms with van der Waals surface area (Å²) in [5.41, 5.74) is 2.14. The lowest BCUT2D eigenvalue weighted by molar-refractivity contribution is -0.140. The minimum absolute atomic E-state index is 0.0827. The number of nitrogens with one attached hydrogen (secondary N) is 2. The van der Waals surface area contributed by atoms with Crippen LogP contribution >= 0.6 is 11.6 Å². The standard InChI is InChI=1S/C27H30ClN3O5/c1-35-21-13-8-17(16-22(21)36-2)14-15-29-25(32)18-9-11-19(12-10-18)30-24-23(28)26(33)31(27(24)34)20-6-4-3-5-7-20/h8-13,16,20,30H,3-7,14-15H2,1-2H3,(H,29,32). The molecule has 0 saturated heterocycles. The Morgan fingerprint density at radius 1 is 0.972 bits per heavy atom. The molecule has 36 heavy (non-hydrogen) atoms. The smallest absolute Gasteiger partial charge is 0.279 e. The number of nitrogens with zero attached hydrogens (tertiary/aromatic N) is 1. The van der Waals surface area contributed by atoms with Crippen molar-refractivity contribution in [3.05, 3.63) is 64.3 Å². The maximum atomic E-state index is 12.9. The van der Waals surface area contributed by atoms with Crippen LogP contribution in [0.2, 0.25) is 0 Å². The first kappa shape index (κ1) is 25.6. The molecule has 1 heterocycles. The normalized spacial score (nSPS) is 16.4. The summed E-state index contributed by atoms with van der Waals surface area (Å²) in [7, 11) is 3.17. The predicted molar refractivity (Wildman–Crippen MR) is 137 cm³/mol. The molecule has 0 radical (unpaired) electrons. The van der Waals surface area contributed by atoms with Gasteiger partial charge in [-0.15, -0.1) is 0 Å². The Balaban J connectivity index is 1.33. The van der Waals surface area contributed by atoms with Crippen LogP contribution < -0.4 is 20.1 Å². The van der Waals surface area contributed by atoms with Crippen molar-refractivity contribution in [3.63, 3.8) is 0 Å². The summed E-state index contributed by atoms with van der Waals surface area (Å²) in [6.07, 6.45) is 5.37. The lowest BCUT2D eigenvalue weighted by atomic mass is 9.94. The van der Waals surface area contributed by atoms with Crippen LogP contribution in [0.3, 0.4) is 0 Å². The highest BCUT2D eigenvalue weighted by Gasteiger charge is 2.42. The maximum Gasteiger partial charge on any atom is 0.279 e. The first-order chi connectivity index (χ1) is 17.4. The molecule has 0 unspecified atom stereocenters. The number of carbonyl (C=O) groups excluding carboxylic acids is 3. The molecule has 0 spiro atoms. The van der Waals surface area contributed by atoms with Crippen LogP contribution in [0.15, 0.2) is 53.2 Å². The van der Waals surface area contributed by atoms with E-state index < -0.39 is 11.8 Å². The number of hydrogen-bond donors (Lipinski definition) is 2. The lowest BCUT2D eigenvalue weighted by Crippen LogP contribution is -2.42. The van der Waals surface area contributed by atoms with E-state index in [1.165, 1.54) is 4.90 Å². The average Bonchev–Trinajstić information content (AvgIpc) is 3.12. The van der Waals surface area contributed by atoms with E-state index in [-0.39, 0.29) is 22.7 Å². The first-order valence-electron chi connectivity index (χ1n) is 12.1. The Bertz CT molecular complexity index is 1170. The number of rotatable bonds is 9. The number of ether oxygens (including phenoxy) is 2. The molecule has 2 N–H and O–H groups in total. The number of imide groups is 1. The van der Waals surface area contributed by atoms with E-state index in [4.69, 9.17) is 21.1 Å². The fourth-order valence-electron chi connectivity index (χ4n) is 4.61. The summed E-state index contributed by atoms with van der Waals surface area (Å²) in [5.74, 6) is 0.246. The second kappa shape index (κ2) is 11.5. The topological polar surface area (TPSA) is 97.0 Å². The van der Waals surface area contributed by atoms with Gasteiger partial charge < -0.3 is 20.1 Å². The summed E-state index contributed by atoms with van der Waals surface area (Å²) >= 11 is 6.24. The van der Waals surface area contributed by atoms with Crippen molar-refractivity contribution in [1.29, 1.82) is 0 Å². The molecule has 9 heteroatoms. The van der Waals surface area contributed by atoms with Crippen LogP contribution in [0.5, 0.6) is 11.5 Å². The molecule has 8 nitrogen and oxygen atoms in total. The number of carbonyl (C=O) groups is 3. The third kappa shape index (κ3) is 5.49. The van der Waals surface area contributed by atoms with Crippen LogP contribution in [-0.2, 0) is 16.0 Å². The third-order valence-corrected chi connectivity index (χ3v) is 6.91. The molecule has 2 aromatic carbocycles. The number of anilines is 1. The van der Waals surface area contributed by atoms with E-state index in [0.29, 0.717) is 35.7 Å². The largest absolute Gasteiger partial charge is 0.493 e. The van der Waals surface area contributed by atoms with Crippen molar-refractivity contribution in [2.75, 3.05) is 26.1 Å². The molecular weight excluding hydrogens is 482 g/mol. The van der Waals surface area contributed by atoms with Gasteiger partial charge in [-0.05, 0) is 61.2 Å². The van der Waals surface area contributed by atoms with Gasteiger partial charge in [-0.25, -0.2) is 0 Å². The highest BCUT2D eigenvalue weighted by atomic mass is 35.5. The quantitative estimate of drug-likeness (QED) is 0.489. The molecule has 0 atom stereocenters. The molecule has 4 rings (SSSR count). The zero-order valence-corrected chi connectivity index (χ0v) is 21.2. The summed E-state index contributed by atoms with van der Waals surface area (Å²) < 4.78 is 10.6. The summed E-state index contributed by atoms with van der Waals surface area (Å²) in [6.45, 7) is 0.449. The first-order valence-corrected chi connectivity index (χ1v) is 12.4. The zero-order valence-electron chi connectivity index (χ0n) is 20.4. The van der Waals surface area contributed by atoms with Crippen molar-refractivity contribution in [2.45, 2.75) is 44.6 Å². The molecule has 2 aliphatic rings. The summed E-state index contributed by atoms with van der Waals surface area (Å²) in [5, 5.41) is 5.78. The second-order valence-corrected chi connectivity index (χ2v) is 9.24. The van der Waals surface area contributed by atoms with Crippen LogP contribution in [-0.4, -0.2) is 49.4 Å². The van der Waals surface area contributed by atoms with Gasteiger partial charge in [-0.1, -0.05) is 36.9 Å². The molecule has 2 aromatic rings. The Morgan fingerprint density at radius 3 is 2.33 bits per heavy atom. The van der Waals surface area contributed by atoms with Crippen LogP contribution in [0, 0.1) is 0 Å². The molecule has 1 aliphatic carbocycles. The van der Waals surface area contributed by atoms with Crippen molar-refractivity contribution >= 4 is 35.0 Å². The zero-order chi connectivity index (χ0) is 25.7.